The van der Waals surface area contributed by atoms with Gasteiger partial charge in [0.1, 0.15) is 0 Å². The van der Waals surface area contributed by atoms with Gasteiger partial charge in [0.05, 0.1) is 25.3 Å². The summed E-state index contributed by atoms with van der Waals surface area (Å²) in [7, 11) is 0. The summed E-state index contributed by atoms with van der Waals surface area (Å²) < 4.78 is 0. The Labute approximate surface area is 228 Å². The summed E-state index contributed by atoms with van der Waals surface area (Å²) in [5.74, 6) is -0.623. The molecular formula is C31H34N4O4. The predicted octanol–water partition coefficient (Wildman–Crippen LogP) is 3.50. The van der Waals surface area contributed by atoms with Crippen molar-refractivity contribution in [2.75, 3.05) is 32.7 Å². The molecular weight excluding hydrogens is 492 g/mol. The van der Waals surface area contributed by atoms with Crippen molar-refractivity contribution in [1.29, 1.82) is 0 Å². The lowest BCUT2D eigenvalue weighted by Crippen LogP contribution is -2.51. The summed E-state index contributed by atoms with van der Waals surface area (Å²) in [5, 5.41) is 11.8. The molecule has 1 atom stereocenters. The highest BCUT2D eigenvalue weighted by molar-refractivity contribution is 6.08. The number of Topliss-reactive ketones (excluding diaryl/α,β-unsaturated/α-hetero) is 1. The van der Waals surface area contributed by atoms with Crippen LogP contribution in [0.2, 0.25) is 0 Å². The summed E-state index contributed by atoms with van der Waals surface area (Å²) >= 11 is 0. The second-order valence-electron chi connectivity index (χ2n) is 10.3. The van der Waals surface area contributed by atoms with Crippen molar-refractivity contribution in [1.82, 2.24) is 15.5 Å². The van der Waals surface area contributed by atoms with E-state index in [0.717, 1.165) is 42.3 Å². The summed E-state index contributed by atoms with van der Waals surface area (Å²) in [4.78, 5) is 47.0. The largest absolute Gasteiger partial charge is 0.378 e. The molecule has 0 spiro atoms. The average molecular weight is 527 g/mol. The number of ketones is 1. The highest BCUT2D eigenvalue weighted by Crippen LogP contribution is 2.29. The van der Waals surface area contributed by atoms with Gasteiger partial charge in [-0.3, -0.25) is 19.3 Å². The van der Waals surface area contributed by atoms with Crippen molar-refractivity contribution in [2.45, 2.75) is 37.7 Å². The lowest BCUT2D eigenvalue weighted by Gasteiger charge is -2.27. The molecule has 3 aromatic rings. The fraction of sp³-hybridized carbons (Fsp3) is 0.355. The maximum Gasteiger partial charge on any atom is 0.268 e. The van der Waals surface area contributed by atoms with Gasteiger partial charge in [-0.2, -0.15) is 0 Å². The molecule has 8 nitrogen and oxygen atoms in total. The minimum atomic E-state index is -1.29. The molecule has 0 bridgehead atoms. The van der Waals surface area contributed by atoms with Crippen molar-refractivity contribution in [3.63, 3.8) is 0 Å². The standard InChI is InChI=1S/C31H34N4O4/c36-26(22-35-16-7-2-8-17-35)21-33-30(38)31(18-23-10-3-1-4-11-23)19-25(34-39-31)20-32-29(37)28-15-9-13-24-12-5-6-14-27(24)28/h1,3-6,9-15H,2,7-8,16-22H2,(H,32,37)(H,33,38). The Hall–Kier alpha value is -4.04. The van der Waals surface area contributed by atoms with Crippen LogP contribution in [0.15, 0.2) is 78.0 Å². The molecule has 1 fully saturated rings. The number of carbonyl (C=O) groups is 3. The van der Waals surface area contributed by atoms with Gasteiger partial charge in [0.15, 0.2) is 5.78 Å². The summed E-state index contributed by atoms with van der Waals surface area (Å²) in [6.45, 7) is 2.28. The van der Waals surface area contributed by atoms with Gasteiger partial charge in [-0.1, -0.05) is 78.3 Å². The number of amides is 2. The zero-order valence-electron chi connectivity index (χ0n) is 22.0. The van der Waals surface area contributed by atoms with Crippen molar-refractivity contribution in [3.8, 4) is 0 Å². The predicted molar refractivity (Wildman–Crippen MR) is 151 cm³/mol. The molecule has 1 unspecified atom stereocenters. The molecule has 0 saturated carbocycles. The Morgan fingerprint density at radius 3 is 2.44 bits per heavy atom. The third-order valence-corrected chi connectivity index (χ3v) is 7.37. The summed E-state index contributed by atoms with van der Waals surface area (Å²) in [6.07, 6.45) is 3.91. The van der Waals surface area contributed by atoms with Gasteiger partial charge in [0.25, 0.3) is 11.8 Å². The van der Waals surface area contributed by atoms with Crippen LogP contribution in [0.1, 0.15) is 41.6 Å². The number of piperidine rings is 1. The van der Waals surface area contributed by atoms with Crippen molar-refractivity contribution >= 4 is 34.1 Å². The minimum Gasteiger partial charge on any atom is -0.378 e. The van der Waals surface area contributed by atoms with Crippen LogP contribution in [0.25, 0.3) is 10.8 Å². The maximum absolute atomic E-state index is 13.5. The van der Waals surface area contributed by atoms with E-state index in [-0.39, 0.29) is 37.1 Å². The monoisotopic (exact) mass is 526 g/mol. The molecule has 0 radical (unpaired) electrons. The number of nitrogens with one attached hydrogen (secondary N) is 2. The molecule has 2 aliphatic rings. The van der Waals surface area contributed by atoms with Gasteiger partial charge >= 0.3 is 0 Å². The van der Waals surface area contributed by atoms with E-state index in [1.165, 1.54) is 6.42 Å². The van der Waals surface area contributed by atoms with E-state index in [2.05, 4.69) is 20.7 Å². The van der Waals surface area contributed by atoms with Crippen molar-refractivity contribution in [3.05, 3.63) is 83.9 Å². The number of hydrogen-bond acceptors (Lipinski definition) is 6. The number of hydrogen-bond donors (Lipinski definition) is 2. The SMILES string of the molecule is O=C(CNC(=O)C1(Cc2ccccc2)CC(CNC(=O)c2cccc3ccccc23)=NO1)CN1CCCCC1. The molecule has 2 N–H and O–H groups in total. The smallest absolute Gasteiger partial charge is 0.268 e. The first-order chi connectivity index (χ1) is 19.0. The molecule has 0 aliphatic carbocycles. The van der Waals surface area contributed by atoms with Crippen LogP contribution in [0.4, 0.5) is 0 Å². The molecule has 39 heavy (non-hydrogen) atoms. The first-order valence-corrected chi connectivity index (χ1v) is 13.6. The van der Waals surface area contributed by atoms with E-state index in [0.29, 0.717) is 24.2 Å². The number of likely N-dealkylation sites (tertiary alicyclic amines) is 1. The molecule has 5 rings (SSSR count). The first kappa shape index (κ1) is 26.6. The topological polar surface area (TPSA) is 100 Å². The zero-order chi connectivity index (χ0) is 27.1. The minimum absolute atomic E-state index is 0.0263. The van der Waals surface area contributed by atoms with Crippen molar-refractivity contribution < 1.29 is 19.2 Å². The van der Waals surface area contributed by atoms with E-state index in [1.54, 1.807) is 6.07 Å². The van der Waals surface area contributed by atoms with Crippen LogP contribution < -0.4 is 10.6 Å². The van der Waals surface area contributed by atoms with Crippen LogP contribution in [-0.2, 0) is 20.8 Å². The molecule has 2 heterocycles. The van der Waals surface area contributed by atoms with E-state index in [4.69, 9.17) is 4.84 Å². The number of carbonyl (C=O) groups excluding carboxylic acids is 3. The molecule has 202 valence electrons. The number of nitrogens with zero attached hydrogens (tertiary/aromatic N) is 2. The second-order valence-corrected chi connectivity index (χ2v) is 10.3. The number of benzene rings is 3. The molecule has 8 heteroatoms. The Bertz CT molecular complexity index is 1360. The Kier molecular flexibility index (Phi) is 8.32. The Morgan fingerprint density at radius 2 is 1.62 bits per heavy atom. The molecule has 1 saturated heterocycles. The average Bonchev–Trinajstić information content (AvgIpc) is 3.39. The summed E-state index contributed by atoms with van der Waals surface area (Å²) in [5.41, 5.74) is 0.776. The van der Waals surface area contributed by atoms with Gasteiger partial charge in [0.2, 0.25) is 5.60 Å². The lowest BCUT2D eigenvalue weighted by molar-refractivity contribution is -0.144. The molecule has 2 aliphatic heterocycles. The third kappa shape index (κ3) is 6.52. The first-order valence-electron chi connectivity index (χ1n) is 13.6. The Balaban J connectivity index is 1.22. The van der Waals surface area contributed by atoms with Gasteiger partial charge in [-0.05, 0) is 48.3 Å². The van der Waals surface area contributed by atoms with Crippen LogP contribution in [0.5, 0.6) is 0 Å². The third-order valence-electron chi connectivity index (χ3n) is 7.37. The Morgan fingerprint density at radius 1 is 0.872 bits per heavy atom. The number of fused-ring (bicyclic) bond motifs is 1. The quantitative estimate of drug-likeness (QED) is 0.421. The van der Waals surface area contributed by atoms with E-state index in [1.807, 2.05) is 66.7 Å². The molecule has 3 aromatic carbocycles. The zero-order valence-corrected chi connectivity index (χ0v) is 22.0. The lowest BCUT2D eigenvalue weighted by atomic mass is 9.88. The highest BCUT2D eigenvalue weighted by atomic mass is 16.7. The molecule has 2 amide bonds. The second kappa shape index (κ2) is 12.2. The maximum atomic E-state index is 13.5. The number of oxime groups is 1. The van der Waals surface area contributed by atoms with E-state index in [9.17, 15) is 14.4 Å². The van der Waals surface area contributed by atoms with Crippen LogP contribution in [0.3, 0.4) is 0 Å². The van der Waals surface area contributed by atoms with Gasteiger partial charge < -0.3 is 15.5 Å². The van der Waals surface area contributed by atoms with Gasteiger partial charge in [0, 0.05) is 18.4 Å². The van der Waals surface area contributed by atoms with Crippen molar-refractivity contribution in [2.24, 2.45) is 5.16 Å². The van der Waals surface area contributed by atoms with E-state index < -0.39 is 5.60 Å². The highest BCUT2D eigenvalue weighted by Gasteiger charge is 2.46. The normalized spacial score (nSPS) is 19.2. The van der Waals surface area contributed by atoms with E-state index >= 15 is 0 Å². The van der Waals surface area contributed by atoms with Gasteiger partial charge in [-0.15, -0.1) is 0 Å². The molecule has 0 aromatic heterocycles. The summed E-state index contributed by atoms with van der Waals surface area (Å²) in [6, 6.07) is 22.9. The fourth-order valence-electron chi connectivity index (χ4n) is 5.33. The van der Waals surface area contributed by atoms with Crippen LogP contribution in [-0.4, -0.2) is 66.5 Å². The van der Waals surface area contributed by atoms with Crippen LogP contribution >= 0.6 is 0 Å². The number of rotatable bonds is 10. The van der Waals surface area contributed by atoms with Gasteiger partial charge in [-0.25, -0.2) is 0 Å². The van der Waals surface area contributed by atoms with Crippen LogP contribution in [0, 0.1) is 0 Å². The fourth-order valence-corrected chi connectivity index (χ4v) is 5.33.